The van der Waals surface area contributed by atoms with Crippen LogP contribution in [0.15, 0.2) is 84.2 Å². The maximum atomic E-state index is 13.3. The van der Waals surface area contributed by atoms with E-state index in [4.69, 9.17) is 4.74 Å². The number of alkyl halides is 3. The van der Waals surface area contributed by atoms with Crippen molar-refractivity contribution < 1.29 is 22.7 Å². The van der Waals surface area contributed by atoms with Crippen molar-refractivity contribution in [2.24, 2.45) is 0 Å². The molecule has 0 aliphatic carbocycles. The van der Waals surface area contributed by atoms with E-state index in [9.17, 15) is 18.0 Å². The van der Waals surface area contributed by atoms with Gasteiger partial charge >= 0.3 is 6.18 Å². The summed E-state index contributed by atoms with van der Waals surface area (Å²) in [5, 5.41) is 5.24. The molecule has 0 aliphatic heterocycles. The summed E-state index contributed by atoms with van der Waals surface area (Å²) in [4.78, 5) is 18.8. The first kappa shape index (κ1) is 28.3. The smallest absolute Gasteiger partial charge is 0.416 e. The molecular formula is C30H30F3N3O2S. The Bertz CT molecular complexity index is 1340. The standard InChI is InChI=1S/C30H30F3N3O2S/c1-2-15-34-29(37)27-21-39-28(35-27)19-36(18-24-9-6-10-25(16-24)30(31,32)33)17-22-11-13-26(14-12-22)38-20-23-7-4-3-5-8-23/h3-14,16,21H,2,15,17-20H2,1H3,(H,34,37). The van der Waals surface area contributed by atoms with Crippen LogP contribution >= 0.6 is 11.3 Å². The maximum Gasteiger partial charge on any atom is 0.416 e. The predicted octanol–water partition coefficient (Wildman–Crippen LogP) is 7.08. The number of hydrogen-bond donors (Lipinski definition) is 1. The predicted molar refractivity (Wildman–Crippen MR) is 146 cm³/mol. The van der Waals surface area contributed by atoms with Gasteiger partial charge in [0, 0.05) is 25.0 Å². The highest BCUT2D eigenvalue weighted by molar-refractivity contribution is 7.09. The number of benzene rings is 3. The molecule has 0 fully saturated rings. The summed E-state index contributed by atoms with van der Waals surface area (Å²) in [6.07, 6.45) is -3.59. The minimum Gasteiger partial charge on any atom is -0.489 e. The second kappa shape index (κ2) is 13.4. The lowest BCUT2D eigenvalue weighted by molar-refractivity contribution is -0.137. The van der Waals surface area contributed by atoms with Crippen molar-refractivity contribution in [3.8, 4) is 5.75 Å². The molecule has 0 unspecified atom stereocenters. The van der Waals surface area contributed by atoms with Crippen LogP contribution in [-0.4, -0.2) is 22.3 Å². The summed E-state index contributed by atoms with van der Waals surface area (Å²) in [5.41, 5.74) is 2.27. The first-order chi connectivity index (χ1) is 18.8. The van der Waals surface area contributed by atoms with Crippen LogP contribution in [0.4, 0.5) is 13.2 Å². The number of amides is 1. The van der Waals surface area contributed by atoms with E-state index in [1.165, 1.54) is 23.5 Å². The summed E-state index contributed by atoms with van der Waals surface area (Å²) < 4.78 is 45.8. The molecule has 9 heteroatoms. The highest BCUT2D eigenvalue weighted by atomic mass is 32.1. The highest BCUT2D eigenvalue weighted by Crippen LogP contribution is 2.30. The molecule has 1 amide bonds. The van der Waals surface area contributed by atoms with Gasteiger partial charge in [-0.3, -0.25) is 9.69 Å². The van der Waals surface area contributed by atoms with Crippen molar-refractivity contribution in [1.82, 2.24) is 15.2 Å². The highest BCUT2D eigenvalue weighted by Gasteiger charge is 2.30. The molecule has 4 aromatic rings. The van der Waals surface area contributed by atoms with Gasteiger partial charge in [-0.05, 0) is 41.3 Å². The van der Waals surface area contributed by atoms with E-state index in [0.717, 1.165) is 29.4 Å². The second-order valence-electron chi connectivity index (χ2n) is 9.14. The van der Waals surface area contributed by atoms with Crippen LogP contribution in [0, 0.1) is 0 Å². The van der Waals surface area contributed by atoms with Crippen LogP contribution in [-0.2, 0) is 32.4 Å². The fourth-order valence-corrected chi connectivity index (χ4v) is 4.79. The zero-order valence-electron chi connectivity index (χ0n) is 21.6. The van der Waals surface area contributed by atoms with Crippen LogP contribution < -0.4 is 10.1 Å². The summed E-state index contributed by atoms with van der Waals surface area (Å²) in [7, 11) is 0. The van der Waals surface area contributed by atoms with Crippen molar-refractivity contribution in [2.45, 2.75) is 45.8 Å². The van der Waals surface area contributed by atoms with E-state index >= 15 is 0 Å². The zero-order chi connectivity index (χ0) is 27.7. The summed E-state index contributed by atoms with van der Waals surface area (Å²) in [6, 6.07) is 22.9. The number of ether oxygens (including phenoxy) is 1. The molecule has 0 spiro atoms. The average molecular weight is 554 g/mol. The van der Waals surface area contributed by atoms with E-state index in [-0.39, 0.29) is 12.5 Å². The third-order valence-electron chi connectivity index (χ3n) is 5.92. The number of rotatable bonds is 12. The van der Waals surface area contributed by atoms with E-state index in [1.807, 2.05) is 66.4 Å². The number of nitrogens with zero attached hydrogens (tertiary/aromatic N) is 2. The van der Waals surface area contributed by atoms with Crippen LogP contribution in [0.5, 0.6) is 5.75 Å². The third-order valence-corrected chi connectivity index (χ3v) is 6.75. The molecule has 0 aliphatic rings. The molecule has 0 radical (unpaired) electrons. The quantitative estimate of drug-likeness (QED) is 0.204. The molecule has 0 bridgehead atoms. The van der Waals surface area contributed by atoms with Crippen LogP contribution in [0.25, 0.3) is 0 Å². The number of thiazole rings is 1. The van der Waals surface area contributed by atoms with Crippen molar-refractivity contribution in [3.05, 3.63) is 117 Å². The Morgan fingerprint density at radius 3 is 2.36 bits per heavy atom. The third kappa shape index (κ3) is 8.66. The number of nitrogens with one attached hydrogen (secondary N) is 1. The minimum absolute atomic E-state index is 0.227. The first-order valence-corrected chi connectivity index (χ1v) is 13.5. The fraction of sp³-hybridized carbons (Fsp3) is 0.267. The lowest BCUT2D eigenvalue weighted by Gasteiger charge is -2.22. The summed E-state index contributed by atoms with van der Waals surface area (Å²) in [6.45, 7) is 4.15. The summed E-state index contributed by atoms with van der Waals surface area (Å²) in [5.74, 6) is 0.504. The lowest BCUT2D eigenvalue weighted by Crippen LogP contribution is -2.25. The van der Waals surface area contributed by atoms with Gasteiger partial charge in [-0.1, -0.05) is 67.6 Å². The number of aromatic nitrogens is 1. The molecular weight excluding hydrogens is 523 g/mol. The zero-order valence-corrected chi connectivity index (χ0v) is 22.4. The minimum atomic E-state index is -4.41. The van der Waals surface area contributed by atoms with Gasteiger partial charge < -0.3 is 10.1 Å². The maximum absolute atomic E-state index is 13.3. The van der Waals surface area contributed by atoms with Crippen LogP contribution in [0.3, 0.4) is 0 Å². The first-order valence-electron chi connectivity index (χ1n) is 12.7. The monoisotopic (exact) mass is 553 g/mol. The lowest BCUT2D eigenvalue weighted by atomic mass is 10.1. The van der Waals surface area contributed by atoms with Crippen LogP contribution in [0.2, 0.25) is 0 Å². The topological polar surface area (TPSA) is 54.5 Å². The molecule has 0 atom stereocenters. The Morgan fingerprint density at radius 1 is 0.923 bits per heavy atom. The molecule has 204 valence electrons. The van der Waals surface area contributed by atoms with E-state index in [1.54, 1.807) is 11.4 Å². The molecule has 39 heavy (non-hydrogen) atoms. The van der Waals surface area contributed by atoms with Crippen LogP contribution in [0.1, 0.15) is 51.1 Å². The molecule has 5 nitrogen and oxygen atoms in total. The van der Waals surface area contributed by atoms with E-state index in [2.05, 4.69) is 10.3 Å². The number of hydrogen-bond acceptors (Lipinski definition) is 5. The number of halogens is 3. The molecule has 0 saturated heterocycles. The molecule has 1 N–H and O–H groups in total. The SMILES string of the molecule is CCCNC(=O)c1csc(CN(Cc2ccc(OCc3ccccc3)cc2)Cc2cccc(C(F)(F)F)c2)n1. The van der Waals surface area contributed by atoms with Crippen molar-refractivity contribution in [3.63, 3.8) is 0 Å². The van der Waals surface area contributed by atoms with Crippen molar-refractivity contribution >= 4 is 17.2 Å². The van der Waals surface area contributed by atoms with Gasteiger partial charge in [-0.25, -0.2) is 4.98 Å². The Morgan fingerprint density at radius 2 is 1.64 bits per heavy atom. The number of carbonyl (C=O) groups is 1. The van der Waals surface area contributed by atoms with E-state index < -0.39 is 11.7 Å². The number of carbonyl (C=O) groups excluding carboxylic acids is 1. The van der Waals surface area contributed by atoms with Gasteiger partial charge in [0.15, 0.2) is 0 Å². The average Bonchev–Trinajstić information content (AvgIpc) is 3.40. The molecule has 1 aromatic heterocycles. The Hall–Kier alpha value is -3.69. The molecule has 1 heterocycles. The van der Waals surface area contributed by atoms with Gasteiger partial charge in [-0.2, -0.15) is 13.2 Å². The summed E-state index contributed by atoms with van der Waals surface area (Å²) >= 11 is 1.36. The Kier molecular flexibility index (Phi) is 9.73. The second-order valence-corrected chi connectivity index (χ2v) is 10.1. The van der Waals surface area contributed by atoms with Crippen molar-refractivity contribution in [2.75, 3.05) is 6.54 Å². The molecule has 4 rings (SSSR count). The largest absolute Gasteiger partial charge is 0.489 e. The Balaban J connectivity index is 1.47. The Labute approximate surface area is 230 Å². The molecule has 0 saturated carbocycles. The van der Waals surface area contributed by atoms with Gasteiger partial charge in [0.25, 0.3) is 5.91 Å². The van der Waals surface area contributed by atoms with Gasteiger partial charge in [-0.15, -0.1) is 11.3 Å². The van der Waals surface area contributed by atoms with Gasteiger partial charge in [0.1, 0.15) is 23.1 Å². The normalized spacial score (nSPS) is 11.5. The van der Waals surface area contributed by atoms with Gasteiger partial charge in [0.05, 0.1) is 12.1 Å². The van der Waals surface area contributed by atoms with E-state index in [0.29, 0.717) is 42.5 Å². The molecule has 3 aromatic carbocycles. The van der Waals surface area contributed by atoms with Gasteiger partial charge in [0.2, 0.25) is 0 Å². The fourth-order valence-electron chi connectivity index (χ4n) is 3.97. The van der Waals surface area contributed by atoms with Crippen molar-refractivity contribution in [1.29, 1.82) is 0 Å².